The Bertz CT molecular complexity index is 810. The normalized spacial score (nSPS) is 11.6. The van der Waals surface area contributed by atoms with Gasteiger partial charge < -0.3 is 15.2 Å². The van der Waals surface area contributed by atoms with Crippen LogP contribution in [0.3, 0.4) is 0 Å². The number of ether oxygens (including phenoxy) is 2. The predicted molar refractivity (Wildman–Crippen MR) is 119 cm³/mol. The van der Waals surface area contributed by atoms with Gasteiger partial charge in [0.15, 0.2) is 5.17 Å². The highest BCUT2D eigenvalue weighted by atomic mass is 32.2. The van der Waals surface area contributed by atoms with Crippen molar-refractivity contribution in [2.75, 3.05) is 13.2 Å². The third-order valence-corrected chi connectivity index (χ3v) is 4.66. The summed E-state index contributed by atoms with van der Waals surface area (Å²) in [6.45, 7) is 2.77. The smallest absolute Gasteiger partial charge is 0.305 e. The fourth-order valence-corrected chi connectivity index (χ4v) is 3.00. The number of carbonyl (C=O) groups excluding carboxylic acids is 1. The predicted octanol–water partition coefficient (Wildman–Crippen LogP) is 4.38. The van der Waals surface area contributed by atoms with Gasteiger partial charge in [-0.05, 0) is 43.0 Å². The number of hydrogen-bond donors (Lipinski definition) is 1. The highest BCUT2D eigenvalue weighted by Gasteiger charge is 2.01. The Labute approximate surface area is 176 Å². The Hall–Kier alpha value is -2.80. The van der Waals surface area contributed by atoms with Crippen molar-refractivity contribution in [3.05, 3.63) is 65.7 Å². The molecule has 2 rings (SSSR count). The summed E-state index contributed by atoms with van der Waals surface area (Å²) < 4.78 is 10.6. The van der Waals surface area contributed by atoms with Gasteiger partial charge in [-0.15, -0.1) is 5.10 Å². The van der Waals surface area contributed by atoms with Crippen LogP contribution >= 0.6 is 11.8 Å². The van der Waals surface area contributed by atoms with Gasteiger partial charge in [-0.1, -0.05) is 54.2 Å². The Morgan fingerprint density at radius 2 is 1.97 bits per heavy atom. The summed E-state index contributed by atoms with van der Waals surface area (Å²) in [6.07, 6.45) is 3.60. The number of benzene rings is 2. The minimum absolute atomic E-state index is 0.160. The van der Waals surface area contributed by atoms with Gasteiger partial charge in [0.2, 0.25) is 0 Å². The Balaban J connectivity index is 1.73. The van der Waals surface area contributed by atoms with Crippen molar-refractivity contribution in [2.24, 2.45) is 15.9 Å². The number of nitrogens with two attached hydrogens (primary N) is 1. The number of hydrogen-bond acceptors (Lipinski definition) is 6. The molecule has 2 aromatic carbocycles. The summed E-state index contributed by atoms with van der Waals surface area (Å²) in [5.41, 5.74) is 7.95. The molecule has 0 radical (unpaired) electrons. The van der Waals surface area contributed by atoms with E-state index in [1.807, 2.05) is 54.6 Å². The van der Waals surface area contributed by atoms with Crippen LogP contribution in [0.15, 0.2) is 64.8 Å². The average Bonchev–Trinajstić information content (AvgIpc) is 2.73. The lowest BCUT2D eigenvalue weighted by Crippen LogP contribution is -2.06. The highest BCUT2D eigenvalue weighted by molar-refractivity contribution is 8.13. The fourth-order valence-electron chi connectivity index (χ4n) is 2.39. The van der Waals surface area contributed by atoms with Gasteiger partial charge in [-0.2, -0.15) is 5.10 Å². The van der Waals surface area contributed by atoms with Crippen molar-refractivity contribution < 1.29 is 14.3 Å². The van der Waals surface area contributed by atoms with E-state index < -0.39 is 0 Å². The van der Waals surface area contributed by atoms with Crippen LogP contribution in [0.25, 0.3) is 0 Å². The Morgan fingerprint density at radius 3 is 2.76 bits per heavy atom. The molecule has 2 aromatic rings. The van der Waals surface area contributed by atoms with Gasteiger partial charge in [-0.25, -0.2) is 0 Å². The molecule has 0 aliphatic carbocycles. The molecular formula is C22H27N3O3S. The molecule has 0 atom stereocenters. The van der Waals surface area contributed by atoms with Crippen molar-refractivity contribution in [2.45, 2.75) is 31.9 Å². The summed E-state index contributed by atoms with van der Waals surface area (Å²) in [5, 5.41) is 8.49. The summed E-state index contributed by atoms with van der Waals surface area (Å²) >= 11 is 1.44. The van der Waals surface area contributed by atoms with E-state index in [0.717, 1.165) is 29.9 Å². The molecule has 154 valence electrons. The summed E-state index contributed by atoms with van der Waals surface area (Å²) in [5.74, 6) is 1.35. The SMILES string of the molecule is CCOC(=O)CCCCOc1cccc(C=NN=C(N)SCc2ccccc2)c1. The molecule has 0 unspecified atom stereocenters. The van der Waals surface area contributed by atoms with Gasteiger partial charge in [0.25, 0.3) is 0 Å². The van der Waals surface area contributed by atoms with E-state index in [9.17, 15) is 4.79 Å². The van der Waals surface area contributed by atoms with Gasteiger partial charge in [0.05, 0.1) is 19.4 Å². The molecular weight excluding hydrogens is 386 g/mol. The monoisotopic (exact) mass is 413 g/mol. The van der Waals surface area contributed by atoms with Crippen LogP contribution < -0.4 is 10.5 Å². The van der Waals surface area contributed by atoms with E-state index in [0.29, 0.717) is 24.8 Å². The van der Waals surface area contributed by atoms with Crippen LogP contribution in [-0.2, 0) is 15.3 Å². The number of unbranched alkanes of at least 4 members (excludes halogenated alkanes) is 1. The third-order valence-electron chi connectivity index (χ3n) is 3.80. The molecule has 0 aliphatic heterocycles. The second kappa shape index (κ2) is 13.4. The molecule has 29 heavy (non-hydrogen) atoms. The molecule has 6 nitrogen and oxygen atoms in total. The fraction of sp³-hybridized carbons (Fsp3) is 0.318. The number of rotatable bonds is 11. The number of esters is 1. The van der Waals surface area contributed by atoms with E-state index in [4.69, 9.17) is 15.2 Å². The van der Waals surface area contributed by atoms with Crippen molar-refractivity contribution in [1.82, 2.24) is 0 Å². The minimum atomic E-state index is -0.160. The van der Waals surface area contributed by atoms with Crippen LogP contribution in [-0.4, -0.2) is 30.6 Å². The zero-order valence-electron chi connectivity index (χ0n) is 16.6. The highest BCUT2D eigenvalue weighted by Crippen LogP contribution is 2.14. The zero-order chi connectivity index (χ0) is 20.7. The van der Waals surface area contributed by atoms with E-state index in [1.165, 1.54) is 17.3 Å². The average molecular weight is 414 g/mol. The molecule has 0 saturated carbocycles. The van der Waals surface area contributed by atoms with Crippen LogP contribution in [0, 0.1) is 0 Å². The van der Waals surface area contributed by atoms with Gasteiger partial charge in [-0.3, -0.25) is 4.79 Å². The van der Waals surface area contributed by atoms with E-state index in [2.05, 4.69) is 10.2 Å². The van der Waals surface area contributed by atoms with Crippen LogP contribution in [0.2, 0.25) is 0 Å². The first-order valence-corrected chi connectivity index (χ1v) is 10.6. The largest absolute Gasteiger partial charge is 0.494 e. The lowest BCUT2D eigenvalue weighted by atomic mass is 10.2. The maximum atomic E-state index is 11.3. The Kier molecular flexibility index (Phi) is 10.4. The first-order chi connectivity index (χ1) is 14.2. The number of amidine groups is 1. The van der Waals surface area contributed by atoms with Crippen molar-refractivity contribution in [1.29, 1.82) is 0 Å². The first-order valence-electron chi connectivity index (χ1n) is 9.59. The van der Waals surface area contributed by atoms with E-state index in [1.54, 1.807) is 13.1 Å². The van der Waals surface area contributed by atoms with Gasteiger partial charge in [0.1, 0.15) is 5.75 Å². The molecule has 7 heteroatoms. The molecule has 0 saturated heterocycles. The molecule has 0 fully saturated rings. The van der Waals surface area contributed by atoms with Gasteiger partial charge in [0, 0.05) is 12.2 Å². The summed E-state index contributed by atoms with van der Waals surface area (Å²) in [6, 6.07) is 17.7. The molecule has 0 aliphatic rings. The number of nitrogens with zero attached hydrogens (tertiary/aromatic N) is 2. The lowest BCUT2D eigenvalue weighted by molar-refractivity contribution is -0.143. The molecule has 0 aromatic heterocycles. The standard InChI is InChI=1S/C22H27N3O3S/c1-2-27-21(26)13-6-7-14-28-20-12-8-11-19(15-20)16-24-25-22(23)29-17-18-9-4-3-5-10-18/h3-5,8-12,15-16H,2,6-7,13-14,17H2,1H3,(H2,23,25). The Morgan fingerprint density at radius 1 is 1.14 bits per heavy atom. The second-order valence-corrected chi connectivity index (χ2v) is 7.14. The van der Waals surface area contributed by atoms with Crippen LogP contribution in [0.1, 0.15) is 37.3 Å². The topological polar surface area (TPSA) is 86.3 Å². The first kappa shape index (κ1) is 22.5. The molecule has 0 bridgehead atoms. The molecule has 0 amide bonds. The number of carbonyl (C=O) groups is 1. The molecule has 2 N–H and O–H groups in total. The van der Waals surface area contributed by atoms with Crippen LogP contribution in [0.5, 0.6) is 5.75 Å². The second-order valence-electron chi connectivity index (χ2n) is 6.14. The maximum absolute atomic E-state index is 11.3. The summed E-state index contributed by atoms with van der Waals surface area (Å²) in [4.78, 5) is 11.3. The van der Waals surface area contributed by atoms with Crippen LogP contribution in [0.4, 0.5) is 0 Å². The van der Waals surface area contributed by atoms with E-state index >= 15 is 0 Å². The van der Waals surface area contributed by atoms with E-state index in [-0.39, 0.29) is 5.97 Å². The zero-order valence-corrected chi connectivity index (χ0v) is 17.4. The van der Waals surface area contributed by atoms with Crippen molar-refractivity contribution >= 4 is 29.1 Å². The third kappa shape index (κ3) is 9.80. The molecule has 0 spiro atoms. The number of thioether (sulfide) groups is 1. The lowest BCUT2D eigenvalue weighted by Gasteiger charge is -2.06. The van der Waals surface area contributed by atoms with Crippen molar-refractivity contribution in [3.8, 4) is 5.75 Å². The minimum Gasteiger partial charge on any atom is -0.494 e. The molecule has 0 heterocycles. The quantitative estimate of drug-likeness (QED) is 0.194. The van der Waals surface area contributed by atoms with Gasteiger partial charge >= 0.3 is 5.97 Å². The maximum Gasteiger partial charge on any atom is 0.305 e. The van der Waals surface area contributed by atoms with Crippen molar-refractivity contribution in [3.63, 3.8) is 0 Å². The summed E-state index contributed by atoms with van der Waals surface area (Å²) in [7, 11) is 0.